The lowest BCUT2D eigenvalue weighted by Crippen LogP contribution is -2.00. The van der Waals surface area contributed by atoms with Crippen molar-refractivity contribution in [3.8, 4) is 11.3 Å². The predicted octanol–water partition coefficient (Wildman–Crippen LogP) is 5.18. The van der Waals surface area contributed by atoms with E-state index >= 15 is 0 Å². The molecule has 0 saturated heterocycles. The van der Waals surface area contributed by atoms with Gasteiger partial charge in [-0.3, -0.25) is 4.98 Å². The molecule has 0 aliphatic heterocycles. The summed E-state index contributed by atoms with van der Waals surface area (Å²) >= 11 is 0. The van der Waals surface area contributed by atoms with E-state index < -0.39 is 5.97 Å². The highest BCUT2D eigenvalue weighted by atomic mass is 16.4. The van der Waals surface area contributed by atoms with Gasteiger partial charge in [0.1, 0.15) is 0 Å². The fraction of sp³-hybridized carbons (Fsp3) is 0.350. The highest BCUT2D eigenvalue weighted by molar-refractivity contribution is 5.99. The molecule has 2 aromatic heterocycles. The molecule has 5 nitrogen and oxygen atoms in total. The fourth-order valence-electron chi connectivity index (χ4n) is 2.53. The smallest absolute Gasteiger partial charge is 0.335 e. The number of aromatic nitrogens is 3. The minimum absolute atomic E-state index is 0. The quantitative estimate of drug-likeness (QED) is 0.710. The fourth-order valence-corrected chi connectivity index (χ4v) is 2.53. The van der Waals surface area contributed by atoms with Crippen LogP contribution in [0.1, 0.15) is 50.5 Å². The summed E-state index contributed by atoms with van der Waals surface area (Å²) in [5.74, 6) is -0.945. The predicted molar refractivity (Wildman–Crippen MR) is 103 cm³/mol. The molecule has 0 fully saturated rings. The first kappa shape index (κ1) is 20.4. The van der Waals surface area contributed by atoms with Crippen molar-refractivity contribution in [2.45, 2.75) is 48.1 Å². The summed E-state index contributed by atoms with van der Waals surface area (Å²) in [6, 6.07) is 7.18. The molecule has 0 aliphatic carbocycles. The standard InChI is InChI=1S/C17H17N3O2.C2H6.CH4/c1-3-6-20-10-19-16-13(14-5-4-11(2)9-18-14)7-12(17(21)22)8-15(16)20;1-2;/h4-5,7-10H,3,6H2,1-2H3,(H,21,22);1-2H3;1H4. The van der Waals surface area contributed by atoms with Gasteiger partial charge in [0.2, 0.25) is 0 Å². The molecule has 1 N–H and O–H groups in total. The largest absolute Gasteiger partial charge is 0.478 e. The van der Waals surface area contributed by atoms with Crippen molar-refractivity contribution in [2.24, 2.45) is 0 Å². The maximum atomic E-state index is 11.4. The molecule has 0 aliphatic rings. The van der Waals surface area contributed by atoms with Crippen LogP contribution in [-0.4, -0.2) is 25.6 Å². The van der Waals surface area contributed by atoms with Gasteiger partial charge >= 0.3 is 5.97 Å². The van der Waals surface area contributed by atoms with E-state index in [1.54, 1.807) is 24.7 Å². The maximum Gasteiger partial charge on any atom is 0.335 e. The zero-order valence-electron chi connectivity index (χ0n) is 14.6. The number of carbonyl (C=O) groups is 1. The number of aromatic carboxylic acids is 1. The number of hydrogen-bond acceptors (Lipinski definition) is 3. The van der Waals surface area contributed by atoms with Gasteiger partial charge in [-0.25, -0.2) is 9.78 Å². The number of aryl methyl sites for hydroxylation is 2. The molecule has 0 radical (unpaired) electrons. The van der Waals surface area contributed by atoms with E-state index in [0.29, 0.717) is 0 Å². The molecule has 2 heterocycles. The number of carboxylic acids is 1. The van der Waals surface area contributed by atoms with E-state index in [1.165, 1.54) is 0 Å². The topological polar surface area (TPSA) is 68.0 Å². The normalized spacial score (nSPS) is 9.92. The molecule has 0 spiro atoms. The zero-order chi connectivity index (χ0) is 17.7. The Labute approximate surface area is 149 Å². The Balaban J connectivity index is 0.00000101. The number of benzene rings is 1. The van der Waals surface area contributed by atoms with Gasteiger partial charge < -0.3 is 9.67 Å². The summed E-state index contributed by atoms with van der Waals surface area (Å²) in [6.07, 6.45) is 4.50. The summed E-state index contributed by atoms with van der Waals surface area (Å²) in [5.41, 5.74) is 4.42. The van der Waals surface area contributed by atoms with Crippen molar-refractivity contribution < 1.29 is 9.90 Å². The lowest BCUT2D eigenvalue weighted by Gasteiger charge is -2.07. The van der Waals surface area contributed by atoms with Gasteiger partial charge in [0.15, 0.2) is 0 Å². The second-order valence-corrected chi connectivity index (χ2v) is 5.36. The van der Waals surface area contributed by atoms with Crippen LogP contribution < -0.4 is 0 Å². The van der Waals surface area contributed by atoms with E-state index in [-0.39, 0.29) is 13.0 Å². The Morgan fingerprint density at radius 2 is 1.92 bits per heavy atom. The van der Waals surface area contributed by atoms with E-state index in [4.69, 9.17) is 0 Å². The highest BCUT2D eigenvalue weighted by Crippen LogP contribution is 2.28. The Hall–Kier alpha value is -2.69. The van der Waals surface area contributed by atoms with Crippen LogP contribution in [0.2, 0.25) is 0 Å². The monoisotopic (exact) mass is 341 g/mol. The summed E-state index contributed by atoms with van der Waals surface area (Å²) < 4.78 is 1.99. The van der Waals surface area contributed by atoms with Crippen LogP contribution in [0.5, 0.6) is 0 Å². The van der Waals surface area contributed by atoms with Gasteiger partial charge in [-0.2, -0.15) is 0 Å². The maximum absolute atomic E-state index is 11.4. The number of imidazole rings is 1. The van der Waals surface area contributed by atoms with E-state index in [2.05, 4.69) is 16.9 Å². The summed E-state index contributed by atoms with van der Waals surface area (Å²) in [4.78, 5) is 20.3. The van der Waals surface area contributed by atoms with Crippen molar-refractivity contribution >= 4 is 17.0 Å². The molecule has 0 bridgehead atoms. The van der Waals surface area contributed by atoms with Gasteiger partial charge in [0.05, 0.1) is 28.6 Å². The van der Waals surface area contributed by atoms with Gasteiger partial charge in [-0.1, -0.05) is 34.3 Å². The van der Waals surface area contributed by atoms with Gasteiger partial charge in [0.25, 0.3) is 0 Å². The van der Waals surface area contributed by atoms with Crippen LogP contribution in [0.4, 0.5) is 0 Å². The second kappa shape index (κ2) is 8.97. The number of hydrogen-bond donors (Lipinski definition) is 1. The molecule has 25 heavy (non-hydrogen) atoms. The first-order chi connectivity index (χ1) is 11.6. The van der Waals surface area contributed by atoms with E-state index in [9.17, 15) is 9.90 Å². The third kappa shape index (κ3) is 4.24. The minimum Gasteiger partial charge on any atom is -0.478 e. The SMILES string of the molecule is C.CC.CCCn1cnc2c(-c3ccc(C)cn3)cc(C(=O)O)cc21. The van der Waals surface area contributed by atoms with Crippen LogP contribution in [0, 0.1) is 6.92 Å². The molecule has 3 aromatic rings. The van der Waals surface area contributed by atoms with Crippen LogP contribution in [0.3, 0.4) is 0 Å². The van der Waals surface area contributed by atoms with Crippen LogP contribution in [0.15, 0.2) is 36.8 Å². The van der Waals surface area contributed by atoms with E-state index in [1.807, 2.05) is 37.5 Å². The lowest BCUT2D eigenvalue weighted by atomic mass is 10.0. The van der Waals surface area contributed by atoms with Crippen molar-refractivity contribution in [1.82, 2.24) is 14.5 Å². The number of fused-ring (bicyclic) bond motifs is 1. The minimum atomic E-state index is -0.945. The third-order valence-electron chi connectivity index (χ3n) is 3.62. The van der Waals surface area contributed by atoms with E-state index in [0.717, 1.165) is 40.8 Å². The molecule has 5 heteroatoms. The van der Waals surface area contributed by atoms with Crippen molar-refractivity contribution in [2.75, 3.05) is 0 Å². The highest BCUT2D eigenvalue weighted by Gasteiger charge is 2.15. The van der Waals surface area contributed by atoms with Crippen molar-refractivity contribution in [3.63, 3.8) is 0 Å². The van der Waals surface area contributed by atoms with Crippen molar-refractivity contribution in [1.29, 1.82) is 0 Å². The average molecular weight is 341 g/mol. The van der Waals surface area contributed by atoms with Crippen LogP contribution >= 0.6 is 0 Å². The molecule has 0 amide bonds. The number of pyridine rings is 1. The zero-order valence-corrected chi connectivity index (χ0v) is 14.6. The Morgan fingerprint density at radius 1 is 1.20 bits per heavy atom. The Morgan fingerprint density at radius 3 is 2.48 bits per heavy atom. The molecule has 0 atom stereocenters. The van der Waals surface area contributed by atoms with Crippen LogP contribution in [-0.2, 0) is 6.54 Å². The molecule has 0 saturated carbocycles. The molecular weight excluding hydrogens is 314 g/mol. The first-order valence-electron chi connectivity index (χ1n) is 8.25. The second-order valence-electron chi connectivity index (χ2n) is 5.36. The van der Waals surface area contributed by atoms with Gasteiger partial charge in [-0.15, -0.1) is 0 Å². The molecule has 134 valence electrons. The molecule has 1 aromatic carbocycles. The molecule has 0 unspecified atom stereocenters. The molecule has 3 rings (SSSR count). The van der Waals surface area contributed by atoms with Crippen molar-refractivity contribution in [3.05, 3.63) is 47.9 Å². The lowest BCUT2D eigenvalue weighted by molar-refractivity contribution is 0.0697. The van der Waals surface area contributed by atoms with Gasteiger partial charge in [0, 0.05) is 18.3 Å². The summed E-state index contributed by atoms with van der Waals surface area (Å²) in [6.45, 7) is 8.85. The Kier molecular flexibility index (Phi) is 7.30. The number of nitrogens with zero attached hydrogens (tertiary/aromatic N) is 3. The average Bonchev–Trinajstić information content (AvgIpc) is 3.00. The number of rotatable bonds is 4. The first-order valence-corrected chi connectivity index (χ1v) is 8.25. The molecular formula is C20H27N3O2. The van der Waals surface area contributed by atoms with Crippen LogP contribution in [0.25, 0.3) is 22.3 Å². The van der Waals surface area contributed by atoms with Gasteiger partial charge in [-0.05, 0) is 37.1 Å². The summed E-state index contributed by atoms with van der Waals surface area (Å²) in [7, 11) is 0. The number of carboxylic acid groups (broad SMARTS) is 1. The Bertz CT molecular complexity index is 836. The summed E-state index contributed by atoms with van der Waals surface area (Å²) in [5, 5.41) is 9.37. The third-order valence-corrected chi connectivity index (χ3v) is 3.62.